The number of fused-ring (bicyclic) bond motifs is 3. The summed E-state index contributed by atoms with van der Waals surface area (Å²) in [5.41, 5.74) is 2.02. The summed E-state index contributed by atoms with van der Waals surface area (Å²) in [5, 5.41) is 0.804. The standard InChI is InChI=1S/C13H11FN2O/c1-2-3-12-16-11-7-15-10-6-8(14)4-5-9(10)13(11)17-12/h4-7H,2-3H2,1H3. The maximum atomic E-state index is 13.1. The van der Waals surface area contributed by atoms with Crippen LogP contribution in [0, 0.1) is 5.82 Å². The van der Waals surface area contributed by atoms with E-state index >= 15 is 0 Å². The highest BCUT2D eigenvalue weighted by molar-refractivity contribution is 6.00. The SMILES string of the molecule is CCCc1nc2cnc3cc(F)ccc3c2o1. The van der Waals surface area contributed by atoms with Gasteiger partial charge in [-0.3, -0.25) is 4.98 Å². The predicted octanol–water partition coefficient (Wildman–Crippen LogP) is 3.47. The maximum absolute atomic E-state index is 13.1. The van der Waals surface area contributed by atoms with E-state index in [2.05, 4.69) is 16.9 Å². The van der Waals surface area contributed by atoms with Crippen molar-refractivity contribution in [2.24, 2.45) is 0 Å². The first-order valence-corrected chi connectivity index (χ1v) is 5.61. The Hall–Kier alpha value is -1.97. The number of aromatic nitrogens is 2. The molecule has 0 saturated carbocycles. The van der Waals surface area contributed by atoms with Crippen molar-refractivity contribution in [2.45, 2.75) is 19.8 Å². The molecule has 3 rings (SSSR count). The lowest BCUT2D eigenvalue weighted by Gasteiger charge is -1.96. The lowest BCUT2D eigenvalue weighted by atomic mass is 10.2. The van der Waals surface area contributed by atoms with Gasteiger partial charge in [0.1, 0.15) is 11.3 Å². The van der Waals surface area contributed by atoms with Gasteiger partial charge in [0.2, 0.25) is 0 Å². The van der Waals surface area contributed by atoms with Gasteiger partial charge in [-0.2, -0.15) is 0 Å². The zero-order valence-corrected chi connectivity index (χ0v) is 9.40. The number of aryl methyl sites for hydroxylation is 1. The molecule has 0 aliphatic heterocycles. The molecule has 0 radical (unpaired) electrons. The molecule has 2 heterocycles. The highest BCUT2D eigenvalue weighted by atomic mass is 19.1. The van der Waals surface area contributed by atoms with Crippen molar-refractivity contribution in [1.82, 2.24) is 9.97 Å². The average molecular weight is 230 g/mol. The zero-order valence-electron chi connectivity index (χ0n) is 9.40. The lowest BCUT2D eigenvalue weighted by molar-refractivity contribution is 0.527. The van der Waals surface area contributed by atoms with Crippen molar-refractivity contribution in [2.75, 3.05) is 0 Å². The normalized spacial score (nSPS) is 11.4. The molecule has 0 amide bonds. The summed E-state index contributed by atoms with van der Waals surface area (Å²) >= 11 is 0. The van der Waals surface area contributed by atoms with E-state index in [1.807, 2.05) is 0 Å². The number of oxazole rings is 1. The third kappa shape index (κ3) is 1.65. The molecule has 0 N–H and O–H groups in total. The molecule has 0 saturated heterocycles. The smallest absolute Gasteiger partial charge is 0.195 e. The first-order valence-electron chi connectivity index (χ1n) is 5.61. The molecule has 0 spiro atoms. The van der Waals surface area contributed by atoms with Gasteiger partial charge in [0.25, 0.3) is 0 Å². The first kappa shape index (κ1) is 10.2. The van der Waals surface area contributed by atoms with E-state index in [9.17, 15) is 4.39 Å². The van der Waals surface area contributed by atoms with Crippen LogP contribution in [-0.2, 0) is 6.42 Å². The number of nitrogens with zero attached hydrogens (tertiary/aromatic N) is 2. The van der Waals surface area contributed by atoms with Crippen molar-refractivity contribution >= 4 is 22.0 Å². The number of hydrogen-bond donors (Lipinski definition) is 0. The minimum absolute atomic E-state index is 0.294. The second kappa shape index (κ2) is 3.80. The highest BCUT2D eigenvalue weighted by Crippen LogP contribution is 2.25. The molecule has 3 nitrogen and oxygen atoms in total. The average Bonchev–Trinajstić information content (AvgIpc) is 2.72. The third-order valence-electron chi connectivity index (χ3n) is 2.69. The molecule has 3 aromatic rings. The Bertz CT molecular complexity index is 690. The predicted molar refractivity (Wildman–Crippen MR) is 63.3 cm³/mol. The molecule has 4 heteroatoms. The molecule has 17 heavy (non-hydrogen) atoms. The zero-order chi connectivity index (χ0) is 11.8. The van der Waals surface area contributed by atoms with Gasteiger partial charge in [-0.15, -0.1) is 0 Å². The summed E-state index contributed by atoms with van der Waals surface area (Å²) < 4.78 is 18.8. The summed E-state index contributed by atoms with van der Waals surface area (Å²) in [7, 11) is 0. The fourth-order valence-electron chi connectivity index (χ4n) is 1.91. The quantitative estimate of drug-likeness (QED) is 0.676. The van der Waals surface area contributed by atoms with Crippen LogP contribution in [0.15, 0.2) is 28.8 Å². The second-order valence-corrected chi connectivity index (χ2v) is 3.99. The Morgan fingerprint density at radius 1 is 1.29 bits per heavy atom. The second-order valence-electron chi connectivity index (χ2n) is 3.99. The summed E-state index contributed by atoms with van der Waals surface area (Å²) in [6.45, 7) is 2.07. The number of hydrogen-bond acceptors (Lipinski definition) is 3. The Labute approximate surface area is 97.3 Å². The Kier molecular flexibility index (Phi) is 2.28. The van der Waals surface area contributed by atoms with E-state index in [0.29, 0.717) is 17.0 Å². The van der Waals surface area contributed by atoms with E-state index in [0.717, 1.165) is 23.7 Å². The van der Waals surface area contributed by atoms with Gasteiger partial charge < -0.3 is 4.42 Å². The van der Waals surface area contributed by atoms with Crippen LogP contribution in [0.25, 0.3) is 22.0 Å². The third-order valence-corrected chi connectivity index (χ3v) is 2.69. The van der Waals surface area contributed by atoms with Gasteiger partial charge in [0.15, 0.2) is 11.5 Å². The van der Waals surface area contributed by atoms with Crippen LogP contribution >= 0.6 is 0 Å². The fraction of sp³-hybridized carbons (Fsp3) is 0.231. The van der Waals surface area contributed by atoms with Crippen LogP contribution in [0.4, 0.5) is 4.39 Å². The number of benzene rings is 1. The molecular formula is C13H11FN2O. The molecule has 86 valence electrons. The molecule has 2 aromatic heterocycles. The largest absolute Gasteiger partial charge is 0.440 e. The Balaban J connectivity index is 2.31. The first-order chi connectivity index (χ1) is 8.28. The number of rotatable bonds is 2. The van der Waals surface area contributed by atoms with Crippen molar-refractivity contribution in [3.05, 3.63) is 36.1 Å². The van der Waals surface area contributed by atoms with Crippen LogP contribution in [0.2, 0.25) is 0 Å². The lowest BCUT2D eigenvalue weighted by Crippen LogP contribution is -1.82. The number of pyridine rings is 1. The molecule has 0 bridgehead atoms. The molecule has 1 aromatic carbocycles. The van der Waals surface area contributed by atoms with E-state index in [1.165, 1.54) is 12.1 Å². The monoisotopic (exact) mass is 230 g/mol. The van der Waals surface area contributed by atoms with Crippen LogP contribution in [0.3, 0.4) is 0 Å². The number of halogens is 1. The molecule has 0 fully saturated rings. The van der Waals surface area contributed by atoms with E-state index in [1.54, 1.807) is 12.3 Å². The molecule has 0 atom stereocenters. The van der Waals surface area contributed by atoms with Crippen molar-refractivity contribution in [3.63, 3.8) is 0 Å². The molecule has 0 aliphatic rings. The molecule has 0 unspecified atom stereocenters. The van der Waals surface area contributed by atoms with Crippen LogP contribution in [0.1, 0.15) is 19.2 Å². The van der Waals surface area contributed by atoms with Gasteiger partial charge in [0, 0.05) is 17.9 Å². The van der Waals surface area contributed by atoms with E-state index in [-0.39, 0.29) is 5.82 Å². The van der Waals surface area contributed by atoms with Crippen LogP contribution in [-0.4, -0.2) is 9.97 Å². The fourth-order valence-corrected chi connectivity index (χ4v) is 1.91. The Morgan fingerprint density at radius 3 is 3.00 bits per heavy atom. The summed E-state index contributed by atoms with van der Waals surface area (Å²) in [4.78, 5) is 8.53. The Morgan fingerprint density at radius 2 is 2.18 bits per heavy atom. The maximum Gasteiger partial charge on any atom is 0.195 e. The molecule has 0 aliphatic carbocycles. The van der Waals surface area contributed by atoms with E-state index in [4.69, 9.17) is 4.42 Å². The summed E-state index contributed by atoms with van der Waals surface area (Å²) in [6.07, 6.45) is 3.41. The topological polar surface area (TPSA) is 38.9 Å². The van der Waals surface area contributed by atoms with Crippen LogP contribution in [0.5, 0.6) is 0 Å². The minimum atomic E-state index is -0.294. The van der Waals surface area contributed by atoms with E-state index < -0.39 is 0 Å². The van der Waals surface area contributed by atoms with Gasteiger partial charge in [-0.1, -0.05) is 6.92 Å². The summed E-state index contributed by atoms with van der Waals surface area (Å²) in [5.74, 6) is 0.416. The van der Waals surface area contributed by atoms with Crippen molar-refractivity contribution in [3.8, 4) is 0 Å². The highest BCUT2D eigenvalue weighted by Gasteiger charge is 2.10. The van der Waals surface area contributed by atoms with Gasteiger partial charge >= 0.3 is 0 Å². The van der Waals surface area contributed by atoms with Crippen molar-refractivity contribution in [1.29, 1.82) is 0 Å². The van der Waals surface area contributed by atoms with Crippen LogP contribution < -0.4 is 0 Å². The van der Waals surface area contributed by atoms with Gasteiger partial charge in [0.05, 0.1) is 11.7 Å². The van der Waals surface area contributed by atoms with Crippen molar-refractivity contribution < 1.29 is 8.81 Å². The summed E-state index contributed by atoms with van der Waals surface area (Å²) in [6, 6.07) is 4.49. The molecular weight excluding hydrogens is 219 g/mol. The minimum Gasteiger partial charge on any atom is -0.440 e. The van der Waals surface area contributed by atoms with Gasteiger partial charge in [-0.25, -0.2) is 9.37 Å². The van der Waals surface area contributed by atoms with Gasteiger partial charge in [-0.05, 0) is 18.6 Å².